The van der Waals surface area contributed by atoms with Crippen molar-refractivity contribution in [3.05, 3.63) is 70.8 Å². The Morgan fingerprint density at radius 3 is 2.29 bits per heavy atom. The van der Waals surface area contributed by atoms with E-state index in [0.29, 0.717) is 5.92 Å². The van der Waals surface area contributed by atoms with Gasteiger partial charge in [-0.2, -0.15) is 0 Å². The Morgan fingerprint density at radius 2 is 1.65 bits per heavy atom. The first-order valence-electron chi connectivity index (χ1n) is 12.1. The van der Waals surface area contributed by atoms with E-state index < -0.39 is 5.97 Å². The summed E-state index contributed by atoms with van der Waals surface area (Å²) < 4.78 is 4.60. The standard InChI is InChI=1S/C28H36N2O4/c1-18(2)20-12-14-21(15-13-20)27(22-9-6-5-8-19(22)3)30-28(33)23-10-7-11-24(23)29-25(31)16-17-26(32)34-4/h5-6,8-9,12-15,18,23-24,27H,7,10-11,16-17H2,1-4H3,(H,29,31)(H,30,33). The van der Waals surface area contributed by atoms with Gasteiger partial charge in [0.15, 0.2) is 0 Å². The molecule has 6 nitrogen and oxygen atoms in total. The summed E-state index contributed by atoms with van der Waals surface area (Å²) in [5, 5.41) is 6.25. The van der Waals surface area contributed by atoms with Gasteiger partial charge in [-0.25, -0.2) is 0 Å². The van der Waals surface area contributed by atoms with Crippen LogP contribution in [0.2, 0.25) is 0 Å². The molecular weight excluding hydrogens is 428 g/mol. The zero-order valence-corrected chi connectivity index (χ0v) is 20.6. The normalized spacial score (nSPS) is 18.4. The number of ether oxygens (including phenoxy) is 1. The van der Waals surface area contributed by atoms with Crippen molar-refractivity contribution in [3.63, 3.8) is 0 Å². The van der Waals surface area contributed by atoms with E-state index in [2.05, 4.69) is 72.5 Å². The van der Waals surface area contributed by atoms with Gasteiger partial charge < -0.3 is 15.4 Å². The number of carbonyl (C=O) groups excluding carboxylic acids is 3. The van der Waals surface area contributed by atoms with E-state index in [4.69, 9.17) is 0 Å². The average Bonchev–Trinajstić information content (AvgIpc) is 3.29. The molecule has 3 unspecified atom stereocenters. The minimum absolute atomic E-state index is 0.0354. The lowest BCUT2D eigenvalue weighted by atomic mass is 9.92. The highest BCUT2D eigenvalue weighted by Gasteiger charge is 2.35. The monoisotopic (exact) mass is 464 g/mol. The fraction of sp³-hybridized carbons (Fsp3) is 0.464. The van der Waals surface area contributed by atoms with Gasteiger partial charge in [-0.05, 0) is 47.9 Å². The van der Waals surface area contributed by atoms with Gasteiger partial charge in [-0.3, -0.25) is 14.4 Å². The van der Waals surface area contributed by atoms with Gasteiger partial charge in [0.2, 0.25) is 11.8 Å². The Morgan fingerprint density at radius 1 is 0.971 bits per heavy atom. The van der Waals surface area contributed by atoms with E-state index in [9.17, 15) is 14.4 Å². The minimum Gasteiger partial charge on any atom is -0.469 e. The van der Waals surface area contributed by atoms with E-state index in [1.807, 2.05) is 12.1 Å². The average molecular weight is 465 g/mol. The van der Waals surface area contributed by atoms with Crippen molar-refractivity contribution in [3.8, 4) is 0 Å². The zero-order chi connectivity index (χ0) is 24.7. The van der Waals surface area contributed by atoms with Gasteiger partial charge in [-0.1, -0.05) is 68.8 Å². The maximum atomic E-state index is 13.5. The highest BCUT2D eigenvalue weighted by molar-refractivity contribution is 5.84. The van der Waals surface area contributed by atoms with Crippen LogP contribution in [-0.4, -0.2) is 30.9 Å². The van der Waals surface area contributed by atoms with Gasteiger partial charge in [-0.15, -0.1) is 0 Å². The Kier molecular flexibility index (Phi) is 8.85. The largest absolute Gasteiger partial charge is 0.469 e. The zero-order valence-electron chi connectivity index (χ0n) is 20.6. The van der Waals surface area contributed by atoms with Crippen LogP contribution < -0.4 is 10.6 Å². The molecule has 1 fully saturated rings. The molecule has 2 N–H and O–H groups in total. The molecule has 2 aromatic carbocycles. The predicted molar refractivity (Wildman–Crippen MR) is 132 cm³/mol. The molecule has 1 saturated carbocycles. The number of esters is 1. The quantitative estimate of drug-likeness (QED) is 0.533. The van der Waals surface area contributed by atoms with Gasteiger partial charge in [0.25, 0.3) is 0 Å². The van der Waals surface area contributed by atoms with Crippen LogP contribution in [0.25, 0.3) is 0 Å². The molecule has 0 heterocycles. The SMILES string of the molecule is COC(=O)CCC(=O)NC1CCCC1C(=O)NC(c1ccc(C(C)C)cc1)c1ccccc1C. The smallest absolute Gasteiger partial charge is 0.306 e. The van der Waals surface area contributed by atoms with Crippen molar-refractivity contribution in [2.45, 2.75) is 70.9 Å². The maximum absolute atomic E-state index is 13.5. The van der Waals surface area contributed by atoms with Gasteiger partial charge >= 0.3 is 5.97 Å². The van der Waals surface area contributed by atoms with Crippen molar-refractivity contribution in [2.75, 3.05) is 7.11 Å². The molecule has 1 aliphatic carbocycles. The summed E-state index contributed by atoms with van der Waals surface area (Å²) >= 11 is 0. The molecule has 2 aromatic rings. The lowest BCUT2D eigenvalue weighted by Gasteiger charge is -2.26. The molecule has 0 spiro atoms. The second-order valence-electron chi connectivity index (χ2n) is 9.41. The second kappa shape index (κ2) is 11.8. The number of aryl methyl sites for hydroxylation is 1. The van der Waals surface area contributed by atoms with Crippen molar-refractivity contribution in [2.24, 2.45) is 5.92 Å². The number of methoxy groups -OCH3 is 1. The second-order valence-corrected chi connectivity index (χ2v) is 9.41. The first-order valence-corrected chi connectivity index (χ1v) is 12.1. The third kappa shape index (κ3) is 6.46. The molecule has 34 heavy (non-hydrogen) atoms. The number of amides is 2. The molecule has 182 valence electrons. The summed E-state index contributed by atoms with van der Waals surface area (Å²) in [4.78, 5) is 37.1. The molecule has 3 rings (SSSR count). The summed E-state index contributed by atoms with van der Waals surface area (Å²) in [7, 11) is 1.30. The van der Waals surface area contributed by atoms with E-state index in [1.165, 1.54) is 12.7 Å². The lowest BCUT2D eigenvalue weighted by molar-refractivity contribution is -0.142. The van der Waals surface area contributed by atoms with Crippen LogP contribution in [0.3, 0.4) is 0 Å². The molecule has 6 heteroatoms. The van der Waals surface area contributed by atoms with Gasteiger partial charge in [0.1, 0.15) is 0 Å². The number of carbonyl (C=O) groups is 3. The summed E-state index contributed by atoms with van der Waals surface area (Å²) in [6.07, 6.45) is 2.44. The molecule has 0 aromatic heterocycles. The van der Waals surface area contributed by atoms with Gasteiger partial charge in [0, 0.05) is 12.5 Å². The van der Waals surface area contributed by atoms with Gasteiger partial charge in [0.05, 0.1) is 25.5 Å². The van der Waals surface area contributed by atoms with Crippen molar-refractivity contribution in [1.82, 2.24) is 10.6 Å². The maximum Gasteiger partial charge on any atom is 0.306 e. The summed E-state index contributed by atoms with van der Waals surface area (Å²) in [6.45, 7) is 6.38. The number of rotatable bonds is 9. The fourth-order valence-electron chi connectivity index (χ4n) is 4.62. The van der Waals surface area contributed by atoms with Crippen LogP contribution in [-0.2, 0) is 19.1 Å². The Bertz CT molecular complexity index is 1000. The summed E-state index contributed by atoms with van der Waals surface area (Å²) in [5.41, 5.74) is 4.46. The molecule has 0 aliphatic heterocycles. The van der Waals surface area contributed by atoms with E-state index in [1.54, 1.807) is 0 Å². The molecule has 3 atom stereocenters. The third-order valence-corrected chi connectivity index (χ3v) is 6.71. The summed E-state index contributed by atoms with van der Waals surface area (Å²) in [5.74, 6) is -0.571. The van der Waals surface area contributed by atoms with E-state index >= 15 is 0 Å². The Balaban J connectivity index is 1.76. The van der Waals surface area contributed by atoms with Crippen LogP contribution in [0.1, 0.15) is 80.2 Å². The molecule has 0 bridgehead atoms. The highest BCUT2D eigenvalue weighted by Crippen LogP contribution is 2.30. The third-order valence-electron chi connectivity index (χ3n) is 6.71. The van der Waals surface area contributed by atoms with Crippen LogP contribution in [0, 0.1) is 12.8 Å². The van der Waals surface area contributed by atoms with Crippen LogP contribution >= 0.6 is 0 Å². The predicted octanol–water partition coefficient (Wildman–Crippen LogP) is 4.56. The highest BCUT2D eigenvalue weighted by atomic mass is 16.5. The van der Waals surface area contributed by atoms with E-state index in [-0.39, 0.29) is 42.7 Å². The Hall–Kier alpha value is -3.15. The van der Waals surface area contributed by atoms with Crippen LogP contribution in [0.5, 0.6) is 0 Å². The van der Waals surface area contributed by atoms with Crippen molar-refractivity contribution in [1.29, 1.82) is 0 Å². The minimum atomic E-state index is -0.416. The fourth-order valence-corrected chi connectivity index (χ4v) is 4.62. The summed E-state index contributed by atoms with van der Waals surface area (Å²) in [6, 6.07) is 16.0. The number of hydrogen-bond acceptors (Lipinski definition) is 4. The molecule has 0 saturated heterocycles. The van der Waals surface area contributed by atoms with Crippen LogP contribution in [0.15, 0.2) is 48.5 Å². The first kappa shape index (κ1) is 25.5. The molecule has 1 aliphatic rings. The number of benzene rings is 2. The molecule has 0 radical (unpaired) electrons. The van der Waals surface area contributed by atoms with Crippen LogP contribution in [0.4, 0.5) is 0 Å². The number of nitrogens with one attached hydrogen (secondary N) is 2. The van der Waals surface area contributed by atoms with E-state index in [0.717, 1.165) is 36.0 Å². The van der Waals surface area contributed by atoms with Crippen molar-refractivity contribution >= 4 is 17.8 Å². The lowest BCUT2D eigenvalue weighted by Crippen LogP contribution is -2.45. The molecular formula is C28H36N2O4. The Labute approximate surface area is 202 Å². The molecule has 2 amide bonds. The topological polar surface area (TPSA) is 84.5 Å². The number of hydrogen-bond donors (Lipinski definition) is 2. The first-order chi connectivity index (χ1) is 16.3. The van der Waals surface area contributed by atoms with Crippen molar-refractivity contribution < 1.29 is 19.1 Å².